The van der Waals surface area contributed by atoms with Gasteiger partial charge in [0, 0.05) is 36.1 Å². The van der Waals surface area contributed by atoms with Crippen molar-refractivity contribution in [3.8, 4) is 56.4 Å². The lowest BCUT2D eigenvalue weighted by Crippen LogP contribution is -2.28. The molecule has 0 atom stereocenters. The standard InChI is InChI=1S/C52H34O2S2/c1-51(2)37-26-28-46-50(56-45-20-12-11-19-44(45)55-46)48(37)35-23-21-31(29-39(35)51)32-22-24-36-40(30-32)52(33-13-5-3-6-14-33,34-15-7-4-8-16-34)38-25-27-43-49(47(36)38)54-42-18-10-9-17-41(42)53-43/h3-30H,1-2H3. The number of para-hydroxylation sites is 2. The third-order valence-electron chi connectivity index (χ3n) is 12.3. The van der Waals surface area contributed by atoms with E-state index in [1.807, 2.05) is 47.8 Å². The van der Waals surface area contributed by atoms with Gasteiger partial charge in [-0.2, -0.15) is 0 Å². The molecule has 0 unspecified atom stereocenters. The molecule has 0 aromatic heterocycles. The summed E-state index contributed by atoms with van der Waals surface area (Å²) in [6.07, 6.45) is 0. The zero-order valence-corrected chi connectivity index (χ0v) is 32.4. The number of ether oxygens (including phenoxy) is 2. The highest BCUT2D eigenvalue weighted by Crippen LogP contribution is 2.63. The van der Waals surface area contributed by atoms with Crippen LogP contribution >= 0.6 is 23.5 Å². The van der Waals surface area contributed by atoms with Crippen molar-refractivity contribution >= 4 is 23.5 Å². The summed E-state index contributed by atoms with van der Waals surface area (Å²) in [5.41, 5.74) is 14.3. The molecule has 8 aromatic carbocycles. The highest BCUT2D eigenvalue weighted by atomic mass is 32.2. The van der Waals surface area contributed by atoms with E-state index in [-0.39, 0.29) is 5.41 Å². The molecule has 0 bridgehead atoms. The molecule has 2 heterocycles. The lowest BCUT2D eigenvalue weighted by atomic mass is 9.67. The molecular formula is C52H34O2S2. The van der Waals surface area contributed by atoms with E-state index in [0.717, 1.165) is 34.1 Å². The summed E-state index contributed by atoms with van der Waals surface area (Å²) in [5.74, 6) is 2.96. The van der Waals surface area contributed by atoms with Crippen LogP contribution in [-0.2, 0) is 10.8 Å². The van der Waals surface area contributed by atoms with E-state index in [9.17, 15) is 0 Å². The van der Waals surface area contributed by atoms with Gasteiger partial charge in [0.2, 0.25) is 0 Å². The third kappa shape index (κ3) is 4.37. The van der Waals surface area contributed by atoms with Crippen LogP contribution in [0.25, 0.3) is 33.4 Å². The van der Waals surface area contributed by atoms with Crippen LogP contribution in [-0.4, -0.2) is 0 Å². The minimum Gasteiger partial charge on any atom is -0.449 e. The third-order valence-corrected chi connectivity index (χ3v) is 14.9. The van der Waals surface area contributed by atoms with Crippen LogP contribution in [0.5, 0.6) is 23.0 Å². The van der Waals surface area contributed by atoms with Crippen molar-refractivity contribution in [1.82, 2.24) is 0 Å². The molecule has 2 aliphatic carbocycles. The summed E-state index contributed by atoms with van der Waals surface area (Å²) >= 11 is 3.81. The molecule has 0 saturated heterocycles. The maximum absolute atomic E-state index is 6.79. The molecule has 56 heavy (non-hydrogen) atoms. The molecule has 266 valence electrons. The second-order valence-corrected chi connectivity index (χ2v) is 17.7. The Hall–Kier alpha value is -5.94. The maximum atomic E-state index is 6.79. The number of rotatable bonds is 3. The van der Waals surface area contributed by atoms with Crippen LogP contribution in [0, 0.1) is 0 Å². The largest absolute Gasteiger partial charge is 0.449 e. The van der Waals surface area contributed by atoms with Gasteiger partial charge >= 0.3 is 0 Å². The van der Waals surface area contributed by atoms with Gasteiger partial charge in [-0.3, -0.25) is 0 Å². The maximum Gasteiger partial charge on any atom is 0.178 e. The minimum absolute atomic E-state index is 0.143. The molecular weight excluding hydrogens is 721 g/mol. The van der Waals surface area contributed by atoms with Gasteiger partial charge in [0.25, 0.3) is 0 Å². The highest BCUT2D eigenvalue weighted by Gasteiger charge is 2.49. The summed E-state index contributed by atoms with van der Waals surface area (Å²) in [6, 6.07) is 61.9. The van der Waals surface area contributed by atoms with Gasteiger partial charge in [0.1, 0.15) is 0 Å². The fraction of sp³-hybridized carbons (Fsp3) is 0.0769. The molecule has 12 rings (SSSR count). The van der Waals surface area contributed by atoms with Gasteiger partial charge in [-0.05, 0) is 104 Å². The van der Waals surface area contributed by atoms with E-state index in [1.54, 1.807) is 0 Å². The molecule has 2 aliphatic heterocycles. The number of hydrogen-bond donors (Lipinski definition) is 0. The van der Waals surface area contributed by atoms with E-state index >= 15 is 0 Å². The average molecular weight is 755 g/mol. The van der Waals surface area contributed by atoms with Gasteiger partial charge in [0.05, 0.1) is 5.41 Å². The van der Waals surface area contributed by atoms with Crippen molar-refractivity contribution in [2.24, 2.45) is 0 Å². The Morgan fingerprint density at radius 1 is 0.411 bits per heavy atom. The van der Waals surface area contributed by atoms with Crippen molar-refractivity contribution in [1.29, 1.82) is 0 Å². The Balaban J connectivity index is 1.06. The topological polar surface area (TPSA) is 18.5 Å². The van der Waals surface area contributed by atoms with Gasteiger partial charge in [0.15, 0.2) is 23.0 Å². The molecule has 0 spiro atoms. The molecule has 8 aromatic rings. The Bertz CT molecular complexity index is 2910. The normalized spacial score (nSPS) is 15.4. The molecule has 2 nitrogen and oxygen atoms in total. The zero-order chi connectivity index (χ0) is 37.2. The summed E-state index contributed by atoms with van der Waals surface area (Å²) in [6.45, 7) is 4.78. The van der Waals surface area contributed by atoms with Crippen LogP contribution in [0.1, 0.15) is 47.2 Å². The summed E-state index contributed by atoms with van der Waals surface area (Å²) in [4.78, 5) is 5.40. The van der Waals surface area contributed by atoms with Crippen molar-refractivity contribution in [3.05, 3.63) is 203 Å². The summed E-state index contributed by atoms with van der Waals surface area (Å²) in [7, 11) is 0. The minimum atomic E-state index is -0.588. The Labute approximate surface area is 335 Å². The molecule has 0 amide bonds. The van der Waals surface area contributed by atoms with Crippen molar-refractivity contribution in [2.45, 2.75) is 44.3 Å². The van der Waals surface area contributed by atoms with Crippen LogP contribution in [0.2, 0.25) is 0 Å². The van der Waals surface area contributed by atoms with E-state index in [1.165, 1.54) is 75.2 Å². The van der Waals surface area contributed by atoms with Crippen molar-refractivity contribution in [3.63, 3.8) is 0 Å². The smallest absolute Gasteiger partial charge is 0.178 e. The molecule has 4 heteroatoms. The predicted molar refractivity (Wildman–Crippen MR) is 228 cm³/mol. The first kappa shape index (κ1) is 32.3. The molecule has 0 fully saturated rings. The average Bonchev–Trinajstić information content (AvgIpc) is 3.68. The summed E-state index contributed by atoms with van der Waals surface area (Å²) < 4.78 is 13.3. The number of fused-ring (bicyclic) bond motifs is 12. The van der Waals surface area contributed by atoms with E-state index in [4.69, 9.17) is 9.47 Å². The van der Waals surface area contributed by atoms with E-state index < -0.39 is 5.41 Å². The first-order chi connectivity index (χ1) is 27.5. The molecule has 0 radical (unpaired) electrons. The van der Waals surface area contributed by atoms with Crippen molar-refractivity contribution < 1.29 is 9.47 Å². The SMILES string of the molecule is CC1(C)c2cc(-c3ccc4c(c3)C(c3ccccc3)(c3ccccc3)c3ccc5c(c3-4)Oc3ccccc3O5)ccc2-c2c1ccc1c2Sc2ccccc2S1. The first-order valence-corrected chi connectivity index (χ1v) is 20.8. The first-order valence-electron chi connectivity index (χ1n) is 19.2. The second-order valence-electron chi connectivity index (χ2n) is 15.6. The Morgan fingerprint density at radius 3 is 1.68 bits per heavy atom. The Morgan fingerprint density at radius 2 is 0.982 bits per heavy atom. The van der Waals surface area contributed by atoms with Crippen LogP contribution in [0.4, 0.5) is 0 Å². The van der Waals surface area contributed by atoms with Crippen LogP contribution in [0.15, 0.2) is 189 Å². The van der Waals surface area contributed by atoms with Crippen LogP contribution < -0.4 is 9.47 Å². The fourth-order valence-electron chi connectivity index (χ4n) is 9.72. The van der Waals surface area contributed by atoms with Crippen LogP contribution in [0.3, 0.4) is 0 Å². The molecule has 0 saturated carbocycles. The quantitative estimate of drug-likeness (QED) is 0.179. The molecule has 4 aliphatic rings. The summed E-state index contributed by atoms with van der Waals surface area (Å²) in [5, 5.41) is 0. The van der Waals surface area contributed by atoms with Crippen molar-refractivity contribution in [2.75, 3.05) is 0 Å². The zero-order valence-electron chi connectivity index (χ0n) is 30.8. The second kappa shape index (κ2) is 11.8. The highest BCUT2D eigenvalue weighted by molar-refractivity contribution is 8.05. The fourth-order valence-corrected chi connectivity index (χ4v) is 12.1. The van der Waals surface area contributed by atoms with Gasteiger partial charge < -0.3 is 9.47 Å². The lowest BCUT2D eigenvalue weighted by molar-refractivity contribution is 0.360. The van der Waals surface area contributed by atoms with E-state index in [2.05, 4.69) is 159 Å². The van der Waals surface area contributed by atoms with Gasteiger partial charge in [-0.1, -0.05) is 159 Å². The number of hydrogen-bond acceptors (Lipinski definition) is 4. The molecule has 0 N–H and O–H groups in total. The monoisotopic (exact) mass is 754 g/mol. The Kier molecular flexibility index (Phi) is 6.80. The van der Waals surface area contributed by atoms with Gasteiger partial charge in [-0.25, -0.2) is 0 Å². The predicted octanol–water partition coefficient (Wildman–Crippen LogP) is 14.5. The van der Waals surface area contributed by atoms with Gasteiger partial charge in [-0.15, -0.1) is 0 Å². The number of benzene rings is 8. The lowest BCUT2D eigenvalue weighted by Gasteiger charge is -2.34. The van der Waals surface area contributed by atoms with E-state index in [0.29, 0.717) is 0 Å².